The molecule has 1 nitrogen and oxygen atoms in total. The van der Waals surface area contributed by atoms with Gasteiger partial charge in [-0.3, -0.25) is 4.90 Å². The monoisotopic (exact) mass is 287 g/mol. The molecular formula is C12H18BrNS. The molecule has 0 radical (unpaired) electrons. The third-order valence-electron chi connectivity index (χ3n) is 2.85. The highest BCUT2D eigenvalue weighted by molar-refractivity contribution is 9.11. The summed E-state index contributed by atoms with van der Waals surface area (Å²) in [6, 6.07) is 5.29. The topological polar surface area (TPSA) is 3.24 Å². The Balaban J connectivity index is 1.88. The molecule has 1 heterocycles. The quantitative estimate of drug-likeness (QED) is 0.755. The fourth-order valence-electron chi connectivity index (χ4n) is 1.83. The van der Waals surface area contributed by atoms with Crippen molar-refractivity contribution in [3.63, 3.8) is 0 Å². The zero-order chi connectivity index (χ0) is 10.7. The molecule has 0 unspecified atom stereocenters. The molecule has 0 amide bonds. The van der Waals surface area contributed by atoms with Crippen LogP contribution >= 0.6 is 27.3 Å². The predicted molar refractivity (Wildman–Crippen MR) is 70.4 cm³/mol. The van der Waals surface area contributed by atoms with Gasteiger partial charge < -0.3 is 0 Å². The first-order valence-electron chi connectivity index (χ1n) is 5.78. The summed E-state index contributed by atoms with van der Waals surface area (Å²) in [5, 5.41) is 0. The van der Waals surface area contributed by atoms with Crippen LogP contribution in [0.25, 0.3) is 0 Å². The number of hydrogen-bond donors (Lipinski definition) is 0. The second-order valence-electron chi connectivity index (χ2n) is 4.26. The van der Waals surface area contributed by atoms with Crippen LogP contribution < -0.4 is 0 Å². The first-order chi connectivity index (χ1) is 7.29. The maximum absolute atomic E-state index is 3.53. The van der Waals surface area contributed by atoms with Gasteiger partial charge in [0.15, 0.2) is 0 Å². The van der Waals surface area contributed by atoms with Crippen molar-refractivity contribution < 1.29 is 0 Å². The van der Waals surface area contributed by atoms with Gasteiger partial charge in [0.25, 0.3) is 0 Å². The number of thiophene rings is 1. The zero-order valence-corrected chi connectivity index (χ0v) is 11.6. The zero-order valence-electron chi connectivity index (χ0n) is 9.21. The molecule has 0 spiro atoms. The highest BCUT2D eigenvalue weighted by Gasteiger charge is 2.28. The van der Waals surface area contributed by atoms with E-state index < -0.39 is 0 Å². The maximum Gasteiger partial charge on any atom is 0.0701 e. The molecule has 1 aliphatic rings. The van der Waals surface area contributed by atoms with Gasteiger partial charge in [-0.05, 0) is 53.9 Å². The van der Waals surface area contributed by atoms with Gasteiger partial charge in [-0.25, -0.2) is 0 Å². The lowest BCUT2D eigenvalue weighted by Gasteiger charge is -2.20. The molecular weight excluding hydrogens is 270 g/mol. The maximum atomic E-state index is 3.53. The van der Waals surface area contributed by atoms with Crippen LogP contribution in [0.3, 0.4) is 0 Å². The Morgan fingerprint density at radius 1 is 1.47 bits per heavy atom. The van der Waals surface area contributed by atoms with Crippen LogP contribution in [0.5, 0.6) is 0 Å². The molecule has 0 aromatic carbocycles. The number of halogens is 1. The van der Waals surface area contributed by atoms with Gasteiger partial charge in [0.05, 0.1) is 3.79 Å². The molecule has 1 aliphatic carbocycles. The molecule has 15 heavy (non-hydrogen) atoms. The van der Waals surface area contributed by atoms with E-state index in [0.29, 0.717) is 0 Å². The summed E-state index contributed by atoms with van der Waals surface area (Å²) in [5.74, 6) is 0. The van der Waals surface area contributed by atoms with E-state index in [1.165, 1.54) is 40.9 Å². The minimum Gasteiger partial charge on any atom is -0.295 e. The van der Waals surface area contributed by atoms with Gasteiger partial charge in [-0.2, -0.15) is 0 Å². The van der Waals surface area contributed by atoms with Crippen molar-refractivity contribution in [3.05, 3.63) is 20.8 Å². The van der Waals surface area contributed by atoms with E-state index >= 15 is 0 Å². The van der Waals surface area contributed by atoms with Crippen molar-refractivity contribution in [2.75, 3.05) is 6.54 Å². The lowest BCUT2D eigenvalue weighted by Crippen LogP contribution is -2.26. The summed E-state index contributed by atoms with van der Waals surface area (Å²) in [5.41, 5.74) is 0. The first kappa shape index (κ1) is 11.6. The molecule has 0 bridgehead atoms. The van der Waals surface area contributed by atoms with Crippen molar-refractivity contribution in [1.82, 2.24) is 4.90 Å². The average molecular weight is 288 g/mol. The van der Waals surface area contributed by atoms with Gasteiger partial charge in [-0.1, -0.05) is 13.3 Å². The van der Waals surface area contributed by atoms with Crippen molar-refractivity contribution >= 4 is 27.3 Å². The second kappa shape index (κ2) is 5.46. The molecule has 84 valence electrons. The molecule has 2 rings (SSSR count). The Kier molecular flexibility index (Phi) is 4.23. The molecule has 0 N–H and O–H groups in total. The molecule has 0 saturated heterocycles. The fraction of sp³-hybridized carbons (Fsp3) is 0.667. The Bertz CT molecular complexity index is 306. The van der Waals surface area contributed by atoms with Gasteiger partial charge >= 0.3 is 0 Å². The summed E-state index contributed by atoms with van der Waals surface area (Å²) >= 11 is 5.40. The van der Waals surface area contributed by atoms with E-state index in [1.807, 2.05) is 11.3 Å². The summed E-state index contributed by atoms with van der Waals surface area (Å²) in [7, 11) is 0. The highest BCUT2D eigenvalue weighted by Crippen LogP contribution is 2.31. The lowest BCUT2D eigenvalue weighted by molar-refractivity contribution is 0.253. The smallest absolute Gasteiger partial charge is 0.0701 e. The van der Waals surface area contributed by atoms with E-state index in [-0.39, 0.29) is 0 Å². The fourth-order valence-corrected chi connectivity index (χ4v) is 3.34. The summed E-state index contributed by atoms with van der Waals surface area (Å²) in [6.45, 7) is 4.70. The van der Waals surface area contributed by atoms with E-state index in [9.17, 15) is 0 Å². The Hall–Kier alpha value is 0.140. The lowest BCUT2D eigenvalue weighted by atomic mass is 10.3. The van der Waals surface area contributed by atoms with Crippen molar-refractivity contribution in [3.8, 4) is 0 Å². The predicted octanol–water partition coefficient (Wildman–Crippen LogP) is 4.28. The van der Waals surface area contributed by atoms with Crippen molar-refractivity contribution in [2.45, 2.75) is 45.2 Å². The first-order valence-corrected chi connectivity index (χ1v) is 7.39. The van der Waals surface area contributed by atoms with Crippen molar-refractivity contribution in [2.24, 2.45) is 0 Å². The van der Waals surface area contributed by atoms with Crippen LogP contribution in [-0.2, 0) is 6.54 Å². The van der Waals surface area contributed by atoms with Crippen LogP contribution in [0.4, 0.5) is 0 Å². The van der Waals surface area contributed by atoms with E-state index in [1.54, 1.807) is 0 Å². The van der Waals surface area contributed by atoms with Crippen LogP contribution in [0, 0.1) is 0 Å². The van der Waals surface area contributed by atoms with Crippen LogP contribution in [-0.4, -0.2) is 17.5 Å². The van der Waals surface area contributed by atoms with Crippen molar-refractivity contribution in [1.29, 1.82) is 0 Å². The highest BCUT2D eigenvalue weighted by atomic mass is 79.9. The molecule has 0 aliphatic heterocycles. The molecule has 1 fully saturated rings. The third-order valence-corrected chi connectivity index (χ3v) is 4.46. The number of rotatable bonds is 6. The number of unbranched alkanes of at least 4 members (excludes halogenated alkanes) is 1. The van der Waals surface area contributed by atoms with E-state index in [4.69, 9.17) is 0 Å². The summed E-state index contributed by atoms with van der Waals surface area (Å²) < 4.78 is 1.25. The largest absolute Gasteiger partial charge is 0.295 e. The Morgan fingerprint density at radius 2 is 2.27 bits per heavy atom. The van der Waals surface area contributed by atoms with Gasteiger partial charge in [0, 0.05) is 17.5 Å². The minimum atomic E-state index is 0.887. The summed E-state index contributed by atoms with van der Waals surface area (Å²) in [4.78, 5) is 4.15. The average Bonchev–Trinajstić information content (AvgIpc) is 2.98. The standard InChI is InChI=1S/C12H18BrNS/c1-2-3-8-14(10-4-5-10)9-11-6-7-12(13)15-11/h6-7,10H,2-5,8-9H2,1H3. The van der Waals surface area contributed by atoms with E-state index in [2.05, 4.69) is 39.9 Å². The van der Waals surface area contributed by atoms with Crippen LogP contribution in [0.15, 0.2) is 15.9 Å². The third kappa shape index (κ3) is 3.58. The van der Waals surface area contributed by atoms with E-state index in [0.717, 1.165) is 12.6 Å². The SMILES string of the molecule is CCCCN(Cc1ccc(Br)s1)C1CC1. The normalized spacial score (nSPS) is 16.2. The van der Waals surface area contributed by atoms with Crippen LogP contribution in [0.1, 0.15) is 37.5 Å². The molecule has 1 saturated carbocycles. The number of hydrogen-bond acceptors (Lipinski definition) is 2. The van der Waals surface area contributed by atoms with Gasteiger partial charge in [0.2, 0.25) is 0 Å². The van der Waals surface area contributed by atoms with Gasteiger partial charge in [-0.15, -0.1) is 11.3 Å². The molecule has 1 aromatic heterocycles. The second-order valence-corrected chi connectivity index (χ2v) is 6.81. The molecule has 1 aromatic rings. The molecule has 3 heteroatoms. The van der Waals surface area contributed by atoms with Crippen LogP contribution in [0.2, 0.25) is 0 Å². The Morgan fingerprint density at radius 3 is 2.80 bits per heavy atom. The summed E-state index contributed by atoms with van der Waals surface area (Å²) in [6.07, 6.45) is 5.47. The van der Waals surface area contributed by atoms with Gasteiger partial charge in [0.1, 0.15) is 0 Å². The minimum absolute atomic E-state index is 0.887. The molecule has 0 atom stereocenters. The Labute approximate surface area is 105 Å². The number of nitrogens with zero attached hydrogens (tertiary/aromatic N) is 1.